The molecule has 2 amide bonds. The molecule has 0 saturated heterocycles. The van der Waals surface area contributed by atoms with E-state index in [2.05, 4.69) is 10.3 Å². The van der Waals surface area contributed by atoms with Crippen LogP contribution in [0.15, 0.2) is 36.4 Å². The van der Waals surface area contributed by atoms with Crippen LogP contribution in [0.4, 0.5) is 26.3 Å². The maximum atomic E-state index is 13.9. The summed E-state index contributed by atoms with van der Waals surface area (Å²) in [5.41, 5.74) is -3.37. The summed E-state index contributed by atoms with van der Waals surface area (Å²) in [4.78, 5) is 29.8. The molecule has 1 aliphatic carbocycles. The quantitative estimate of drug-likeness (QED) is 0.307. The lowest BCUT2D eigenvalue weighted by molar-refractivity contribution is -0.156. The minimum absolute atomic E-state index is 0.0684. The lowest BCUT2D eigenvalue weighted by atomic mass is 10.0. The molecule has 7 nitrogen and oxygen atoms in total. The Hall–Kier alpha value is -3.79. The van der Waals surface area contributed by atoms with Crippen molar-refractivity contribution in [2.24, 2.45) is 0 Å². The van der Waals surface area contributed by atoms with E-state index >= 15 is 0 Å². The fourth-order valence-corrected chi connectivity index (χ4v) is 4.18. The Morgan fingerprint density at radius 3 is 2.39 bits per heavy atom. The molecular weight excluding hydrogens is 540 g/mol. The third-order valence-corrected chi connectivity index (χ3v) is 6.37. The summed E-state index contributed by atoms with van der Waals surface area (Å²) in [6.45, 7) is 1.66. The van der Waals surface area contributed by atoms with E-state index in [1.807, 2.05) is 6.07 Å². The molecule has 1 atom stereocenters. The standard InChI is InChI=1S/C24H18ClF6N5O2/c1-2-36-16(10-13-9-15(18(25)34-19(13)36)20(37)35-22(11-32)6-7-22)21(38)33-17(24(29,30)31)12-4-3-5-14(8-12)23(26,27)28/h3-5,8-10,17H,2,6-7H2,1H3,(H,33,38)(H,35,37). The average molecular weight is 558 g/mol. The number of alkyl halides is 6. The first-order valence-electron chi connectivity index (χ1n) is 11.2. The number of carbonyl (C=O) groups is 2. The summed E-state index contributed by atoms with van der Waals surface area (Å²) in [6, 6.07) is 4.36. The smallest absolute Gasteiger partial charge is 0.335 e. The molecule has 1 aliphatic rings. The number of aryl methyl sites for hydroxylation is 1. The van der Waals surface area contributed by atoms with Gasteiger partial charge in [-0.05, 0) is 49.6 Å². The molecular formula is C24H18ClF6N5O2. The third-order valence-electron chi connectivity index (χ3n) is 6.08. The molecule has 14 heteroatoms. The van der Waals surface area contributed by atoms with Crippen LogP contribution < -0.4 is 10.6 Å². The van der Waals surface area contributed by atoms with E-state index in [9.17, 15) is 41.2 Å². The Bertz CT molecular complexity index is 1470. The molecule has 4 rings (SSSR count). The summed E-state index contributed by atoms with van der Waals surface area (Å²) in [5.74, 6) is -1.91. The van der Waals surface area contributed by atoms with Crippen molar-refractivity contribution in [2.75, 3.05) is 0 Å². The third kappa shape index (κ3) is 5.26. The number of halogens is 7. The van der Waals surface area contributed by atoms with Crippen LogP contribution in [0.1, 0.15) is 57.8 Å². The largest absolute Gasteiger partial charge is 0.416 e. The Kier molecular flexibility index (Phi) is 6.82. The molecule has 0 spiro atoms. The van der Waals surface area contributed by atoms with Crippen LogP contribution in [-0.4, -0.2) is 33.1 Å². The number of hydrogen-bond donors (Lipinski definition) is 2. The van der Waals surface area contributed by atoms with E-state index < -0.39 is 46.9 Å². The molecule has 200 valence electrons. The van der Waals surface area contributed by atoms with Gasteiger partial charge in [-0.3, -0.25) is 9.59 Å². The highest BCUT2D eigenvalue weighted by Crippen LogP contribution is 2.37. The Balaban J connectivity index is 1.70. The number of benzene rings is 1. The average Bonchev–Trinajstić information content (AvgIpc) is 3.52. The van der Waals surface area contributed by atoms with Crippen molar-refractivity contribution in [3.63, 3.8) is 0 Å². The zero-order valence-corrected chi connectivity index (χ0v) is 20.2. The number of aromatic nitrogens is 2. The zero-order valence-electron chi connectivity index (χ0n) is 19.5. The van der Waals surface area contributed by atoms with Crippen LogP contribution in [0.3, 0.4) is 0 Å². The van der Waals surface area contributed by atoms with E-state index in [1.165, 1.54) is 16.7 Å². The van der Waals surface area contributed by atoms with Crippen LogP contribution >= 0.6 is 11.6 Å². The molecule has 1 unspecified atom stereocenters. The van der Waals surface area contributed by atoms with Crippen LogP contribution in [0.5, 0.6) is 0 Å². The molecule has 38 heavy (non-hydrogen) atoms. The van der Waals surface area contributed by atoms with Crippen molar-refractivity contribution in [3.05, 3.63) is 63.9 Å². The number of nitrogens with one attached hydrogen (secondary N) is 2. The van der Waals surface area contributed by atoms with Crippen LogP contribution in [0, 0.1) is 11.3 Å². The molecule has 0 radical (unpaired) electrons. The molecule has 1 aromatic carbocycles. The highest BCUT2D eigenvalue weighted by molar-refractivity contribution is 6.33. The summed E-state index contributed by atoms with van der Waals surface area (Å²) in [5, 5.41) is 13.5. The molecule has 2 aromatic heterocycles. The minimum Gasteiger partial charge on any atom is -0.335 e. The van der Waals surface area contributed by atoms with Gasteiger partial charge in [0.05, 0.1) is 17.2 Å². The van der Waals surface area contributed by atoms with Crippen LogP contribution in [0.2, 0.25) is 5.15 Å². The fourth-order valence-electron chi connectivity index (χ4n) is 3.95. The summed E-state index contributed by atoms with van der Waals surface area (Å²) >= 11 is 6.17. The van der Waals surface area contributed by atoms with E-state index in [4.69, 9.17) is 11.6 Å². The van der Waals surface area contributed by atoms with Crippen LogP contribution in [0.25, 0.3) is 11.0 Å². The maximum Gasteiger partial charge on any atom is 0.416 e. The molecule has 0 bridgehead atoms. The van der Waals surface area contributed by atoms with Gasteiger partial charge in [-0.2, -0.15) is 31.6 Å². The first kappa shape index (κ1) is 27.3. The SMILES string of the molecule is CCn1c(C(=O)NC(c2cccc(C(F)(F)F)c2)C(F)(F)F)cc2cc(C(=O)NC3(C#N)CC3)c(Cl)nc21. The molecule has 0 aliphatic heterocycles. The second kappa shape index (κ2) is 9.50. The van der Waals surface area contributed by atoms with E-state index in [1.54, 1.807) is 12.2 Å². The van der Waals surface area contributed by atoms with Crippen molar-refractivity contribution >= 4 is 34.4 Å². The topological polar surface area (TPSA) is 99.8 Å². The molecule has 2 heterocycles. The van der Waals surface area contributed by atoms with E-state index in [0.717, 1.165) is 12.1 Å². The molecule has 3 aromatic rings. The zero-order chi connectivity index (χ0) is 28.0. The first-order valence-corrected chi connectivity index (χ1v) is 11.5. The minimum atomic E-state index is -5.12. The first-order chi connectivity index (χ1) is 17.7. The fraction of sp³-hybridized carbons (Fsp3) is 0.333. The number of amides is 2. The van der Waals surface area contributed by atoms with Crippen molar-refractivity contribution < 1.29 is 35.9 Å². The van der Waals surface area contributed by atoms with Gasteiger partial charge < -0.3 is 15.2 Å². The van der Waals surface area contributed by atoms with Gasteiger partial charge >= 0.3 is 12.4 Å². The number of rotatable bonds is 6. The number of carbonyl (C=O) groups excluding carboxylic acids is 2. The molecule has 1 saturated carbocycles. The van der Waals surface area contributed by atoms with Crippen molar-refractivity contribution in [1.29, 1.82) is 5.26 Å². The van der Waals surface area contributed by atoms with Gasteiger partial charge in [0, 0.05) is 11.9 Å². The lowest BCUT2D eigenvalue weighted by Crippen LogP contribution is -2.39. The van der Waals surface area contributed by atoms with Gasteiger partial charge in [0.25, 0.3) is 11.8 Å². The van der Waals surface area contributed by atoms with Gasteiger partial charge in [0.15, 0.2) is 6.04 Å². The monoisotopic (exact) mass is 557 g/mol. The summed E-state index contributed by atoms with van der Waals surface area (Å²) in [7, 11) is 0. The van der Waals surface area contributed by atoms with E-state index in [-0.39, 0.29) is 34.0 Å². The summed E-state index contributed by atoms with van der Waals surface area (Å²) < 4.78 is 82.1. The second-order valence-electron chi connectivity index (χ2n) is 8.73. The normalized spacial score (nSPS) is 15.6. The number of pyridine rings is 1. The van der Waals surface area contributed by atoms with E-state index in [0.29, 0.717) is 25.0 Å². The highest BCUT2D eigenvalue weighted by Gasteiger charge is 2.45. The Morgan fingerprint density at radius 2 is 1.84 bits per heavy atom. The van der Waals surface area contributed by atoms with Gasteiger partial charge in [0.2, 0.25) is 0 Å². The number of fused-ring (bicyclic) bond motifs is 1. The van der Waals surface area contributed by atoms with Crippen molar-refractivity contribution in [1.82, 2.24) is 20.2 Å². The number of nitriles is 1. The molecule has 2 N–H and O–H groups in total. The van der Waals surface area contributed by atoms with Crippen molar-refractivity contribution in [3.8, 4) is 6.07 Å². The number of nitrogens with zero attached hydrogens (tertiary/aromatic N) is 3. The molecule has 1 fully saturated rings. The van der Waals surface area contributed by atoms with Crippen molar-refractivity contribution in [2.45, 2.75) is 50.2 Å². The summed E-state index contributed by atoms with van der Waals surface area (Å²) in [6.07, 6.45) is -9.07. The second-order valence-corrected chi connectivity index (χ2v) is 9.09. The Labute approximate surface area is 216 Å². The van der Waals surface area contributed by atoms with Gasteiger partial charge in [0.1, 0.15) is 22.0 Å². The predicted octanol–water partition coefficient (Wildman–Crippen LogP) is 5.55. The Morgan fingerprint density at radius 1 is 1.16 bits per heavy atom. The highest BCUT2D eigenvalue weighted by atomic mass is 35.5. The van der Waals surface area contributed by atoms with Gasteiger partial charge in [-0.25, -0.2) is 4.98 Å². The van der Waals surface area contributed by atoms with Gasteiger partial charge in [-0.1, -0.05) is 23.7 Å². The maximum absolute atomic E-state index is 13.9. The predicted molar refractivity (Wildman–Crippen MR) is 123 cm³/mol. The van der Waals surface area contributed by atoms with Crippen LogP contribution in [-0.2, 0) is 12.7 Å². The van der Waals surface area contributed by atoms with Gasteiger partial charge in [-0.15, -0.1) is 0 Å². The number of hydrogen-bond acceptors (Lipinski definition) is 4. The lowest BCUT2D eigenvalue weighted by Gasteiger charge is -2.23.